The van der Waals surface area contributed by atoms with Gasteiger partial charge in [0.15, 0.2) is 17.1 Å². The minimum atomic E-state index is -0.438. The van der Waals surface area contributed by atoms with E-state index in [0.717, 1.165) is 17.7 Å². The molecule has 3 aromatic rings. The Morgan fingerprint density at radius 2 is 2.07 bits per heavy atom. The standard InChI is InChI=1S/C21H22ClN3O4/c1-12(2)25-20-16(10-23-25)15(7-13(3)24-20)21(26)29-11-14-8-17(22)19-18(9-14)27-5-4-6-28-19/h7-10,12H,4-6,11H2,1-3H3. The predicted molar refractivity (Wildman–Crippen MR) is 109 cm³/mol. The molecule has 0 spiro atoms. The maximum atomic E-state index is 12.8. The number of hydrogen-bond donors (Lipinski definition) is 0. The van der Waals surface area contributed by atoms with Gasteiger partial charge in [0, 0.05) is 18.2 Å². The molecule has 0 saturated heterocycles. The van der Waals surface area contributed by atoms with Crippen molar-refractivity contribution in [1.29, 1.82) is 0 Å². The monoisotopic (exact) mass is 415 g/mol. The van der Waals surface area contributed by atoms with Crippen LogP contribution in [0.5, 0.6) is 11.5 Å². The van der Waals surface area contributed by atoms with Gasteiger partial charge in [0.05, 0.1) is 35.4 Å². The number of halogens is 1. The fourth-order valence-electron chi connectivity index (χ4n) is 3.28. The molecule has 1 aliphatic heterocycles. The molecule has 1 aliphatic rings. The fraction of sp³-hybridized carbons (Fsp3) is 0.381. The van der Waals surface area contributed by atoms with Crippen LogP contribution in [0.1, 0.15) is 47.9 Å². The van der Waals surface area contributed by atoms with E-state index in [2.05, 4.69) is 10.1 Å². The number of nitrogens with zero attached hydrogens (tertiary/aromatic N) is 3. The zero-order valence-electron chi connectivity index (χ0n) is 16.6. The van der Waals surface area contributed by atoms with Crippen LogP contribution in [0.3, 0.4) is 0 Å². The Kier molecular flexibility index (Phi) is 5.32. The minimum absolute atomic E-state index is 0.0658. The number of carbonyl (C=O) groups is 1. The number of ether oxygens (including phenoxy) is 3. The van der Waals surface area contributed by atoms with Gasteiger partial charge in [0.2, 0.25) is 0 Å². The van der Waals surface area contributed by atoms with E-state index >= 15 is 0 Å². The highest BCUT2D eigenvalue weighted by Crippen LogP contribution is 2.38. The largest absolute Gasteiger partial charge is 0.489 e. The summed E-state index contributed by atoms with van der Waals surface area (Å²) in [7, 11) is 0. The molecular weight excluding hydrogens is 394 g/mol. The summed E-state index contributed by atoms with van der Waals surface area (Å²) in [5.74, 6) is 0.667. The maximum Gasteiger partial charge on any atom is 0.339 e. The van der Waals surface area contributed by atoms with Gasteiger partial charge in [-0.25, -0.2) is 14.5 Å². The van der Waals surface area contributed by atoms with E-state index in [4.69, 9.17) is 25.8 Å². The molecular formula is C21H22ClN3O4. The molecule has 7 nitrogen and oxygen atoms in total. The summed E-state index contributed by atoms with van der Waals surface area (Å²) in [6.45, 7) is 7.06. The highest BCUT2D eigenvalue weighted by molar-refractivity contribution is 6.32. The lowest BCUT2D eigenvalue weighted by Gasteiger charge is -2.12. The summed E-state index contributed by atoms with van der Waals surface area (Å²) >= 11 is 6.32. The number of aryl methyl sites for hydroxylation is 1. The third kappa shape index (κ3) is 3.87. The van der Waals surface area contributed by atoms with Gasteiger partial charge in [0.1, 0.15) is 6.61 Å². The summed E-state index contributed by atoms with van der Waals surface area (Å²) in [6, 6.07) is 5.38. The van der Waals surface area contributed by atoms with Crippen molar-refractivity contribution in [2.45, 2.75) is 39.8 Å². The Labute approximate surface area is 173 Å². The van der Waals surface area contributed by atoms with E-state index in [-0.39, 0.29) is 12.6 Å². The lowest BCUT2D eigenvalue weighted by molar-refractivity contribution is 0.0474. The van der Waals surface area contributed by atoms with Crippen molar-refractivity contribution in [3.8, 4) is 11.5 Å². The van der Waals surface area contributed by atoms with Crippen molar-refractivity contribution >= 4 is 28.6 Å². The molecule has 0 saturated carbocycles. The average molecular weight is 416 g/mol. The van der Waals surface area contributed by atoms with Crippen LogP contribution in [0.15, 0.2) is 24.4 Å². The normalized spacial score (nSPS) is 13.6. The second-order valence-electron chi connectivity index (χ2n) is 7.26. The van der Waals surface area contributed by atoms with Crippen molar-refractivity contribution < 1.29 is 19.0 Å². The number of esters is 1. The van der Waals surface area contributed by atoms with Crippen LogP contribution in [0, 0.1) is 6.92 Å². The van der Waals surface area contributed by atoms with Crippen LogP contribution in [0.4, 0.5) is 0 Å². The van der Waals surface area contributed by atoms with Gasteiger partial charge in [0.25, 0.3) is 0 Å². The van der Waals surface area contributed by atoms with Gasteiger partial charge in [-0.2, -0.15) is 5.10 Å². The maximum absolute atomic E-state index is 12.8. The van der Waals surface area contributed by atoms with E-state index < -0.39 is 5.97 Å². The second kappa shape index (κ2) is 7.91. The van der Waals surface area contributed by atoms with E-state index in [1.54, 1.807) is 29.1 Å². The van der Waals surface area contributed by atoms with Gasteiger partial charge in [-0.1, -0.05) is 11.6 Å². The molecule has 0 fully saturated rings. The van der Waals surface area contributed by atoms with Crippen molar-refractivity contribution in [1.82, 2.24) is 14.8 Å². The number of aromatic nitrogens is 3. The smallest absolute Gasteiger partial charge is 0.339 e. The van der Waals surface area contributed by atoms with Crippen molar-refractivity contribution in [2.75, 3.05) is 13.2 Å². The van der Waals surface area contributed by atoms with Gasteiger partial charge in [-0.05, 0) is 44.5 Å². The summed E-state index contributed by atoms with van der Waals surface area (Å²) in [5.41, 5.74) is 2.57. The average Bonchev–Trinajstić information content (AvgIpc) is 2.95. The van der Waals surface area contributed by atoms with E-state index in [9.17, 15) is 4.79 Å². The molecule has 0 unspecified atom stereocenters. The molecule has 1 aromatic carbocycles. The Morgan fingerprint density at radius 1 is 1.28 bits per heavy atom. The van der Waals surface area contributed by atoms with Gasteiger partial charge < -0.3 is 14.2 Å². The van der Waals surface area contributed by atoms with Crippen LogP contribution in [-0.2, 0) is 11.3 Å². The van der Waals surface area contributed by atoms with Crippen LogP contribution in [0.2, 0.25) is 5.02 Å². The number of benzene rings is 1. The summed E-state index contributed by atoms with van der Waals surface area (Å²) in [4.78, 5) is 17.3. The molecule has 0 aliphatic carbocycles. The second-order valence-corrected chi connectivity index (χ2v) is 7.67. The highest BCUT2D eigenvalue weighted by Gasteiger charge is 2.20. The summed E-state index contributed by atoms with van der Waals surface area (Å²) in [6.07, 6.45) is 2.44. The first-order valence-corrected chi connectivity index (χ1v) is 9.92. The van der Waals surface area contributed by atoms with Crippen molar-refractivity contribution in [2.24, 2.45) is 0 Å². The van der Waals surface area contributed by atoms with Gasteiger partial charge in [-0.3, -0.25) is 0 Å². The quantitative estimate of drug-likeness (QED) is 0.584. The SMILES string of the molecule is Cc1cc(C(=O)OCc2cc(Cl)c3c(c2)OCCCO3)c2cnn(C(C)C)c2n1. The molecule has 0 bridgehead atoms. The minimum Gasteiger partial charge on any atom is -0.489 e. The van der Waals surface area contributed by atoms with Crippen molar-refractivity contribution in [3.63, 3.8) is 0 Å². The number of carbonyl (C=O) groups excluding carboxylic acids is 1. The molecule has 0 N–H and O–H groups in total. The molecule has 2 aromatic heterocycles. The molecule has 29 heavy (non-hydrogen) atoms. The molecule has 8 heteroatoms. The summed E-state index contributed by atoms with van der Waals surface area (Å²) in [5, 5.41) is 5.48. The first kappa shape index (κ1) is 19.5. The lowest BCUT2D eigenvalue weighted by atomic mass is 10.1. The predicted octanol–water partition coefficient (Wildman–Crippen LogP) is 4.49. The number of fused-ring (bicyclic) bond motifs is 2. The third-order valence-corrected chi connectivity index (χ3v) is 4.92. The van der Waals surface area contributed by atoms with Crippen LogP contribution in [0.25, 0.3) is 11.0 Å². The molecule has 0 radical (unpaired) electrons. The lowest BCUT2D eigenvalue weighted by Crippen LogP contribution is -2.08. The Morgan fingerprint density at radius 3 is 2.86 bits per heavy atom. The third-order valence-electron chi connectivity index (χ3n) is 4.64. The topological polar surface area (TPSA) is 75.5 Å². The molecule has 152 valence electrons. The number of rotatable bonds is 4. The van der Waals surface area contributed by atoms with Crippen molar-refractivity contribution in [3.05, 3.63) is 46.2 Å². The molecule has 4 rings (SSSR count). The van der Waals surface area contributed by atoms with Gasteiger partial charge >= 0.3 is 5.97 Å². The fourth-order valence-corrected chi connectivity index (χ4v) is 3.57. The van der Waals surface area contributed by atoms with Crippen LogP contribution < -0.4 is 9.47 Å². The summed E-state index contributed by atoms with van der Waals surface area (Å²) < 4.78 is 18.7. The Balaban J connectivity index is 1.58. The Hall–Kier alpha value is -2.80. The van der Waals surface area contributed by atoms with Crippen LogP contribution >= 0.6 is 11.6 Å². The van der Waals surface area contributed by atoms with Crippen LogP contribution in [-0.4, -0.2) is 33.9 Å². The number of hydrogen-bond acceptors (Lipinski definition) is 6. The van der Waals surface area contributed by atoms with E-state index in [1.165, 1.54) is 0 Å². The Bertz CT molecular complexity index is 1080. The molecule has 0 amide bonds. The first-order valence-electron chi connectivity index (χ1n) is 9.54. The zero-order chi connectivity index (χ0) is 20.5. The number of pyridine rings is 1. The molecule has 3 heterocycles. The molecule has 0 atom stereocenters. The highest BCUT2D eigenvalue weighted by atomic mass is 35.5. The first-order chi connectivity index (χ1) is 13.9. The van der Waals surface area contributed by atoms with E-state index in [1.807, 2.05) is 20.8 Å². The zero-order valence-corrected chi connectivity index (χ0v) is 17.3. The van der Waals surface area contributed by atoms with E-state index in [0.29, 0.717) is 46.3 Å². The van der Waals surface area contributed by atoms with Gasteiger partial charge in [-0.15, -0.1) is 0 Å².